The van der Waals surface area contributed by atoms with E-state index in [4.69, 9.17) is 16.3 Å². The van der Waals surface area contributed by atoms with E-state index in [0.717, 1.165) is 17.0 Å². The number of hydrogen-bond donors (Lipinski definition) is 2. The van der Waals surface area contributed by atoms with Crippen molar-refractivity contribution in [3.8, 4) is 5.88 Å². The number of fused-ring (bicyclic) bond motifs is 1. The minimum absolute atomic E-state index is 0.132. The normalized spacial score (nSPS) is 11.6. The summed E-state index contributed by atoms with van der Waals surface area (Å²) in [6, 6.07) is 13.6. The van der Waals surface area contributed by atoms with E-state index in [1.165, 1.54) is 29.3 Å². The number of halogens is 2. The van der Waals surface area contributed by atoms with E-state index in [9.17, 15) is 12.8 Å². The van der Waals surface area contributed by atoms with Gasteiger partial charge in [-0.3, -0.25) is 0 Å². The van der Waals surface area contributed by atoms with Crippen LogP contribution in [-0.4, -0.2) is 31.5 Å². The van der Waals surface area contributed by atoms with E-state index in [2.05, 4.69) is 15.6 Å². The molecule has 0 atom stereocenters. The van der Waals surface area contributed by atoms with Gasteiger partial charge in [0.1, 0.15) is 16.7 Å². The van der Waals surface area contributed by atoms with Gasteiger partial charge in [-0.05, 0) is 55.1 Å². The minimum atomic E-state index is -4.03. The predicted octanol–water partition coefficient (Wildman–Crippen LogP) is 4.54. The van der Waals surface area contributed by atoms with Crippen LogP contribution in [0.2, 0.25) is 5.15 Å². The molecule has 0 radical (unpaired) electrons. The number of aromatic nitrogens is 2. The average molecular weight is 475 g/mol. The highest BCUT2D eigenvalue weighted by Crippen LogP contribution is 2.32. The Morgan fingerprint density at radius 1 is 1.16 bits per heavy atom. The van der Waals surface area contributed by atoms with Gasteiger partial charge in [0.05, 0.1) is 17.5 Å². The van der Waals surface area contributed by atoms with Gasteiger partial charge in [-0.15, -0.1) is 0 Å². The molecular weight excluding hydrogens is 455 g/mol. The minimum Gasteiger partial charge on any atom is -0.479 e. The Balaban J connectivity index is 1.85. The highest BCUT2D eigenvalue weighted by Gasteiger charge is 2.22. The van der Waals surface area contributed by atoms with Crippen LogP contribution in [0.25, 0.3) is 10.9 Å². The van der Waals surface area contributed by atoms with Crippen molar-refractivity contribution >= 4 is 43.9 Å². The zero-order valence-corrected chi connectivity index (χ0v) is 18.8. The molecule has 2 aromatic heterocycles. The molecule has 10 heteroatoms. The lowest BCUT2D eigenvalue weighted by atomic mass is 10.1. The lowest BCUT2D eigenvalue weighted by molar-refractivity contribution is 0.400. The van der Waals surface area contributed by atoms with Crippen LogP contribution in [0.3, 0.4) is 0 Å². The van der Waals surface area contributed by atoms with Crippen LogP contribution in [0.5, 0.6) is 5.88 Å². The van der Waals surface area contributed by atoms with E-state index in [1.54, 1.807) is 31.4 Å². The molecule has 32 heavy (non-hydrogen) atoms. The molecule has 0 aliphatic rings. The predicted molar refractivity (Wildman–Crippen MR) is 123 cm³/mol. The summed E-state index contributed by atoms with van der Waals surface area (Å²) in [5, 5.41) is 7.27. The molecule has 7 nitrogen and oxygen atoms in total. The summed E-state index contributed by atoms with van der Waals surface area (Å²) >= 11 is 5.93. The molecule has 0 aliphatic heterocycles. The summed E-state index contributed by atoms with van der Waals surface area (Å²) in [6.45, 7) is 0.462. The molecule has 0 amide bonds. The second kappa shape index (κ2) is 8.78. The number of benzene rings is 2. The first-order valence-corrected chi connectivity index (χ1v) is 11.4. The highest BCUT2D eigenvalue weighted by molar-refractivity contribution is 7.90. The van der Waals surface area contributed by atoms with Gasteiger partial charge < -0.3 is 15.4 Å². The van der Waals surface area contributed by atoms with Crippen LogP contribution >= 0.6 is 11.6 Å². The Hall–Kier alpha value is -3.14. The van der Waals surface area contributed by atoms with Crippen LogP contribution in [0.1, 0.15) is 5.56 Å². The molecule has 0 saturated carbocycles. The monoisotopic (exact) mass is 474 g/mol. The van der Waals surface area contributed by atoms with Crippen molar-refractivity contribution in [3.05, 3.63) is 77.3 Å². The first kappa shape index (κ1) is 22.1. The Morgan fingerprint density at radius 3 is 2.69 bits per heavy atom. The lowest BCUT2D eigenvalue weighted by Gasteiger charge is -2.12. The van der Waals surface area contributed by atoms with Crippen molar-refractivity contribution < 1.29 is 17.5 Å². The Labute approximate surface area is 189 Å². The van der Waals surface area contributed by atoms with Crippen molar-refractivity contribution in [1.82, 2.24) is 14.3 Å². The molecule has 2 heterocycles. The maximum atomic E-state index is 13.7. The van der Waals surface area contributed by atoms with Crippen molar-refractivity contribution in [2.24, 2.45) is 0 Å². The number of methoxy groups -OCH3 is 1. The number of anilines is 2. The zero-order chi connectivity index (χ0) is 22.9. The Kier molecular flexibility index (Phi) is 6.05. The largest absolute Gasteiger partial charge is 0.479 e. The number of hydrogen-bond acceptors (Lipinski definition) is 6. The van der Waals surface area contributed by atoms with E-state index in [1.807, 2.05) is 12.1 Å². The fraction of sp³-hybridized carbons (Fsp3) is 0.136. The van der Waals surface area contributed by atoms with Crippen molar-refractivity contribution in [2.45, 2.75) is 11.4 Å². The van der Waals surface area contributed by atoms with Crippen molar-refractivity contribution in [1.29, 1.82) is 0 Å². The van der Waals surface area contributed by atoms with Crippen molar-refractivity contribution in [2.75, 3.05) is 19.5 Å². The quantitative estimate of drug-likeness (QED) is 0.382. The van der Waals surface area contributed by atoms with Gasteiger partial charge in [0.15, 0.2) is 0 Å². The summed E-state index contributed by atoms with van der Waals surface area (Å²) in [5.74, 6) is -0.320. The van der Waals surface area contributed by atoms with Gasteiger partial charge in [0, 0.05) is 23.8 Å². The third-order valence-corrected chi connectivity index (χ3v) is 6.75. The Bertz CT molecular complexity index is 1410. The van der Waals surface area contributed by atoms with Crippen LogP contribution in [0.4, 0.5) is 15.8 Å². The number of pyridine rings is 1. The number of ether oxygens (including phenoxy) is 1. The number of nitrogens with one attached hydrogen (secondary N) is 2. The second-order valence-electron chi connectivity index (χ2n) is 6.99. The molecule has 4 rings (SSSR count). The second-order valence-corrected chi connectivity index (χ2v) is 9.19. The van der Waals surface area contributed by atoms with Crippen LogP contribution in [0, 0.1) is 5.82 Å². The summed E-state index contributed by atoms with van der Waals surface area (Å²) in [7, 11) is -0.769. The van der Waals surface area contributed by atoms with Crippen LogP contribution < -0.4 is 15.4 Å². The molecule has 2 aromatic carbocycles. The van der Waals surface area contributed by atoms with Crippen LogP contribution in [-0.2, 0) is 16.6 Å². The van der Waals surface area contributed by atoms with Gasteiger partial charge in [0.25, 0.3) is 10.0 Å². The van der Waals surface area contributed by atoms with E-state index in [0.29, 0.717) is 29.3 Å². The molecule has 166 valence electrons. The van der Waals surface area contributed by atoms with Gasteiger partial charge in [-0.25, -0.2) is 16.8 Å². The number of rotatable bonds is 7. The van der Waals surface area contributed by atoms with Crippen molar-refractivity contribution in [3.63, 3.8) is 0 Å². The summed E-state index contributed by atoms with van der Waals surface area (Å²) in [5.41, 5.74) is 2.42. The molecule has 0 unspecified atom stereocenters. The lowest BCUT2D eigenvalue weighted by Crippen LogP contribution is -2.12. The molecule has 0 fully saturated rings. The van der Waals surface area contributed by atoms with Gasteiger partial charge in [-0.1, -0.05) is 23.7 Å². The summed E-state index contributed by atoms with van der Waals surface area (Å²) in [6.07, 6.45) is 1.55. The first-order chi connectivity index (χ1) is 15.3. The average Bonchev–Trinajstić information content (AvgIpc) is 3.14. The molecule has 2 N–H and O–H groups in total. The van der Waals surface area contributed by atoms with Gasteiger partial charge in [-0.2, -0.15) is 4.98 Å². The standard InChI is InChI=1S/C22H20ClFN4O3S/c1-25-12-14-13-28(32(29,30)17-5-3-4-15(24)10-17)20-11-16(6-7-18(14)20)26-19-8-9-21(23)27-22(19)31-2/h3-11,13,25-26H,12H2,1-2H3. The highest BCUT2D eigenvalue weighted by atomic mass is 35.5. The maximum Gasteiger partial charge on any atom is 0.268 e. The van der Waals surface area contributed by atoms with E-state index < -0.39 is 15.8 Å². The molecule has 0 spiro atoms. The molecule has 0 saturated heterocycles. The van der Waals surface area contributed by atoms with Gasteiger partial charge >= 0.3 is 0 Å². The third kappa shape index (κ3) is 4.14. The number of nitrogens with zero attached hydrogens (tertiary/aromatic N) is 2. The van der Waals surface area contributed by atoms with Gasteiger partial charge in [0.2, 0.25) is 5.88 Å². The molecule has 0 bridgehead atoms. The first-order valence-electron chi connectivity index (χ1n) is 9.61. The van der Waals surface area contributed by atoms with E-state index >= 15 is 0 Å². The molecule has 4 aromatic rings. The third-order valence-electron chi connectivity index (χ3n) is 4.87. The van der Waals surface area contributed by atoms with Crippen LogP contribution in [0.15, 0.2) is 65.7 Å². The smallest absolute Gasteiger partial charge is 0.268 e. The molecular formula is C22H20ClFN4O3S. The summed E-state index contributed by atoms with van der Waals surface area (Å²) < 4.78 is 46.8. The zero-order valence-electron chi connectivity index (χ0n) is 17.3. The fourth-order valence-electron chi connectivity index (χ4n) is 3.44. The SMILES string of the molecule is CNCc1cn(S(=O)(=O)c2cccc(F)c2)c2cc(Nc3ccc(Cl)nc3OC)ccc12. The summed E-state index contributed by atoms with van der Waals surface area (Å²) in [4.78, 5) is 3.99. The Morgan fingerprint density at radius 2 is 1.97 bits per heavy atom. The fourth-order valence-corrected chi connectivity index (χ4v) is 4.99. The molecule has 0 aliphatic carbocycles. The maximum absolute atomic E-state index is 13.7. The topological polar surface area (TPSA) is 85.3 Å². The van der Waals surface area contributed by atoms with E-state index in [-0.39, 0.29) is 10.0 Å².